The maximum Gasteiger partial charge on any atom is 0.353 e. The Hall–Kier alpha value is -3.45. The molecule has 0 spiro atoms. The SMILES string of the molecule is COc1ccc(C(=O)N/N=C/c2cccc(OC(=O)c3cccs3)c2)cc1. The van der Waals surface area contributed by atoms with Gasteiger partial charge in [0.25, 0.3) is 5.91 Å². The number of thiophene rings is 1. The molecule has 0 atom stereocenters. The van der Waals surface area contributed by atoms with Crippen LogP contribution in [0.2, 0.25) is 0 Å². The van der Waals surface area contributed by atoms with Crippen molar-refractivity contribution >= 4 is 29.4 Å². The molecule has 3 rings (SSSR count). The summed E-state index contributed by atoms with van der Waals surface area (Å²) in [5.41, 5.74) is 3.60. The molecule has 0 fully saturated rings. The van der Waals surface area contributed by atoms with Crippen molar-refractivity contribution in [3.05, 3.63) is 82.0 Å². The summed E-state index contributed by atoms with van der Waals surface area (Å²) in [4.78, 5) is 24.6. The Morgan fingerprint density at radius 1 is 1.04 bits per heavy atom. The molecule has 6 nitrogen and oxygen atoms in total. The Bertz CT molecular complexity index is 950. The van der Waals surface area contributed by atoms with Gasteiger partial charge in [-0.1, -0.05) is 18.2 Å². The predicted octanol–water partition coefficient (Wildman–Crippen LogP) is 3.74. The molecule has 0 aliphatic carbocycles. The lowest BCUT2D eigenvalue weighted by atomic mass is 10.2. The van der Waals surface area contributed by atoms with Crippen LogP contribution in [0.3, 0.4) is 0 Å². The van der Waals surface area contributed by atoms with Crippen LogP contribution in [0.25, 0.3) is 0 Å². The molecule has 1 aromatic heterocycles. The van der Waals surface area contributed by atoms with E-state index in [-0.39, 0.29) is 5.91 Å². The van der Waals surface area contributed by atoms with Gasteiger partial charge >= 0.3 is 5.97 Å². The van der Waals surface area contributed by atoms with E-state index < -0.39 is 5.97 Å². The van der Waals surface area contributed by atoms with E-state index in [1.54, 1.807) is 67.8 Å². The predicted molar refractivity (Wildman–Crippen MR) is 104 cm³/mol. The van der Waals surface area contributed by atoms with Crippen LogP contribution in [0.5, 0.6) is 11.5 Å². The summed E-state index contributed by atoms with van der Waals surface area (Å²) in [5.74, 6) is 0.323. The molecule has 0 saturated heterocycles. The highest BCUT2D eigenvalue weighted by molar-refractivity contribution is 7.12. The first-order valence-corrected chi connectivity index (χ1v) is 8.87. The second-order valence-electron chi connectivity index (χ2n) is 5.37. The van der Waals surface area contributed by atoms with E-state index in [2.05, 4.69) is 10.5 Å². The van der Waals surface area contributed by atoms with Crippen LogP contribution in [-0.4, -0.2) is 25.2 Å². The molecule has 0 aliphatic rings. The normalized spacial score (nSPS) is 10.6. The fourth-order valence-electron chi connectivity index (χ4n) is 2.18. The summed E-state index contributed by atoms with van der Waals surface area (Å²) in [6.45, 7) is 0. The van der Waals surface area contributed by atoms with Crippen molar-refractivity contribution in [2.24, 2.45) is 5.10 Å². The zero-order valence-electron chi connectivity index (χ0n) is 14.4. The summed E-state index contributed by atoms with van der Waals surface area (Å²) in [5, 5.41) is 5.75. The second kappa shape index (κ2) is 8.77. The third kappa shape index (κ3) is 5.02. The quantitative estimate of drug-likeness (QED) is 0.306. The largest absolute Gasteiger partial charge is 0.497 e. The molecule has 0 aliphatic heterocycles. The molecule has 0 unspecified atom stereocenters. The van der Waals surface area contributed by atoms with E-state index >= 15 is 0 Å². The number of carbonyl (C=O) groups is 2. The minimum absolute atomic E-state index is 0.339. The van der Waals surface area contributed by atoms with Crippen molar-refractivity contribution in [2.75, 3.05) is 7.11 Å². The number of nitrogens with zero attached hydrogens (tertiary/aromatic N) is 1. The van der Waals surface area contributed by atoms with Gasteiger partial charge in [0, 0.05) is 5.56 Å². The average Bonchev–Trinajstić information content (AvgIpc) is 3.23. The Morgan fingerprint density at radius 3 is 2.56 bits per heavy atom. The molecule has 0 radical (unpaired) electrons. The molecule has 136 valence electrons. The van der Waals surface area contributed by atoms with Crippen LogP contribution in [0.15, 0.2) is 71.1 Å². The van der Waals surface area contributed by atoms with E-state index in [0.29, 0.717) is 27.5 Å². The molecule has 0 saturated carbocycles. The highest BCUT2D eigenvalue weighted by atomic mass is 32.1. The first kappa shape index (κ1) is 18.3. The Kier molecular flexibility index (Phi) is 5.96. The number of amides is 1. The van der Waals surface area contributed by atoms with Crippen LogP contribution < -0.4 is 14.9 Å². The third-order valence-electron chi connectivity index (χ3n) is 3.52. The van der Waals surface area contributed by atoms with Crippen molar-refractivity contribution in [3.8, 4) is 11.5 Å². The standard InChI is InChI=1S/C20H16N2O4S/c1-25-16-9-7-15(8-10-16)19(23)22-21-13-14-4-2-5-17(12-14)26-20(24)18-6-3-11-27-18/h2-13H,1H3,(H,22,23)/b21-13+. The zero-order chi connectivity index (χ0) is 19.1. The van der Waals surface area contributed by atoms with E-state index in [0.717, 1.165) is 0 Å². The molecule has 2 aromatic carbocycles. The van der Waals surface area contributed by atoms with Gasteiger partial charge in [-0.2, -0.15) is 5.10 Å². The number of esters is 1. The van der Waals surface area contributed by atoms with Gasteiger partial charge < -0.3 is 9.47 Å². The fourth-order valence-corrected chi connectivity index (χ4v) is 2.78. The summed E-state index contributed by atoms with van der Waals surface area (Å²) in [6, 6.07) is 17.0. The summed E-state index contributed by atoms with van der Waals surface area (Å²) in [7, 11) is 1.56. The van der Waals surface area contributed by atoms with Crippen LogP contribution in [0.1, 0.15) is 25.6 Å². The van der Waals surface area contributed by atoms with E-state index in [1.165, 1.54) is 17.6 Å². The fraction of sp³-hybridized carbons (Fsp3) is 0.0500. The summed E-state index contributed by atoms with van der Waals surface area (Å²) < 4.78 is 10.4. The second-order valence-corrected chi connectivity index (χ2v) is 6.31. The van der Waals surface area contributed by atoms with Gasteiger partial charge in [0.1, 0.15) is 16.4 Å². The molecule has 1 amide bonds. The van der Waals surface area contributed by atoms with Crippen LogP contribution in [0.4, 0.5) is 0 Å². The maximum absolute atomic E-state index is 12.0. The van der Waals surface area contributed by atoms with Crippen LogP contribution >= 0.6 is 11.3 Å². The first-order valence-electron chi connectivity index (χ1n) is 7.99. The van der Waals surface area contributed by atoms with Crippen molar-refractivity contribution in [2.45, 2.75) is 0 Å². The molecule has 7 heteroatoms. The molecule has 27 heavy (non-hydrogen) atoms. The van der Waals surface area contributed by atoms with Gasteiger partial charge in [0.15, 0.2) is 0 Å². The highest BCUT2D eigenvalue weighted by Gasteiger charge is 2.09. The van der Waals surface area contributed by atoms with E-state index in [4.69, 9.17) is 9.47 Å². The van der Waals surface area contributed by atoms with Crippen LogP contribution in [-0.2, 0) is 0 Å². The molecule has 1 N–H and O–H groups in total. The van der Waals surface area contributed by atoms with Gasteiger partial charge in [0.2, 0.25) is 0 Å². The monoisotopic (exact) mass is 380 g/mol. The number of carbonyl (C=O) groups excluding carboxylic acids is 2. The third-order valence-corrected chi connectivity index (χ3v) is 4.37. The van der Waals surface area contributed by atoms with Crippen molar-refractivity contribution < 1.29 is 19.1 Å². The Morgan fingerprint density at radius 2 is 1.85 bits per heavy atom. The maximum atomic E-state index is 12.0. The van der Waals surface area contributed by atoms with Crippen molar-refractivity contribution in [1.82, 2.24) is 5.43 Å². The number of methoxy groups -OCH3 is 1. The zero-order valence-corrected chi connectivity index (χ0v) is 15.2. The van der Waals surface area contributed by atoms with Crippen LogP contribution in [0, 0.1) is 0 Å². The molecule has 1 heterocycles. The topological polar surface area (TPSA) is 77.0 Å². The lowest BCUT2D eigenvalue weighted by molar-refractivity contribution is 0.0739. The number of ether oxygens (including phenoxy) is 2. The number of benzene rings is 2. The minimum Gasteiger partial charge on any atom is -0.497 e. The number of hydrogen-bond acceptors (Lipinski definition) is 6. The lowest BCUT2D eigenvalue weighted by Gasteiger charge is -2.04. The van der Waals surface area contributed by atoms with Gasteiger partial charge in [0.05, 0.1) is 13.3 Å². The number of rotatable bonds is 6. The Labute approximate surface area is 160 Å². The average molecular weight is 380 g/mol. The molecular weight excluding hydrogens is 364 g/mol. The summed E-state index contributed by atoms with van der Waals surface area (Å²) >= 11 is 1.32. The number of nitrogens with one attached hydrogen (secondary N) is 1. The van der Waals surface area contributed by atoms with Gasteiger partial charge in [-0.15, -0.1) is 11.3 Å². The van der Waals surface area contributed by atoms with Gasteiger partial charge in [-0.25, -0.2) is 10.2 Å². The van der Waals surface area contributed by atoms with E-state index in [9.17, 15) is 9.59 Å². The molecule has 0 bridgehead atoms. The first-order chi connectivity index (χ1) is 13.2. The molecule has 3 aromatic rings. The van der Waals surface area contributed by atoms with E-state index in [1.807, 2.05) is 5.38 Å². The summed E-state index contributed by atoms with van der Waals surface area (Å²) in [6.07, 6.45) is 1.48. The lowest BCUT2D eigenvalue weighted by Crippen LogP contribution is -2.17. The highest BCUT2D eigenvalue weighted by Crippen LogP contribution is 2.16. The molecular formula is C20H16N2O4S. The van der Waals surface area contributed by atoms with Gasteiger partial charge in [-0.3, -0.25) is 4.79 Å². The number of hydrazone groups is 1. The number of hydrogen-bond donors (Lipinski definition) is 1. The van der Waals surface area contributed by atoms with Gasteiger partial charge in [-0.05, 0) is 53.4 Å². The van der Waals surface area contributed by atoms with Crippen molar-refractivity contribution in [3.63, 3.8) is 0 Å². The smallest absolute Gasteiger partial charge is 0.353 e. The van der Waals surface area contributed by atoms with Crippen molar-refractivity contribution in [1.29, 1.82) is 0 Å². The minimum atomic E-state index is -0.410. The Balaban J connectivity index is 1.60.